The van der Waals surface area contributed by atoms with Crippen molar-refractivity contribution in [3.8, 4) is 0 Å². The predicted octanol–water partition coefficient (Wildman–Crippen LogP) is 6.24. The van der Waals surface area contributed by atoms with E-state index in [1.807, 2.05) is 0 Å². The second-order valence-corrected chi connectivity index (χ2v) is 10.6. The van der Waals surface area contributed by atoms with E-state index in [4.69, 9.17) is 11.6 Å². The molecule has 0 saturated heterocycles. The summed E-state index contributed by atoms with van der Waals surface area (Å²) in [5, 5.41) is 35.1. The first kappa shape index (κ1) is 24.1. The molecule has 1 heterocycles. The molecule has 0 unspecified atom stereocenters. The number of carbonyl (C=O) groups is 1. The van der Waals surface area contributed by atoms with Crippen molar-refractivity contribution in [3.63, 3.8) is 0 Å². The first-order chi connectivity index (χ1) is 17.2. The second kappa shape index (κ2) is 9.44. The minimum Gasteiger partial charge on any atom is -0.478 e. The van der Waals surface area contributed by atoms with Gasteiger partial charge in [0.25, 0.3) is 11.4 Å². The number of benzene rings is 3. The molecule has 9 nitrogen and oxygen atoms in total. The van der Waals surface area contributed by atoms with Crippen LogP contribution in [0.1, 0.15) is 39.9 Å². The zero-order valence-corrected chi connectivity index (χ0v) is 20.2. The first-order valence-corrected chi connectivity index (χ1v) is 12.5. The highest BCUT2D eigenvalue weighted by Crippen LogP contribution is 2.58. The van der Waals surface area contributed by atoms with E-state index in [1.54, 1.807) is 42.5 Å². The Morgan fingerprint density at radius 1 is 1.03 bits per heavy atom. The number of nitro groups is 2. The number of rotatable bonds is 6. The standard InChI is InChI=1S/C25H20ClN3O6S/c26-23-21(36-20-4-2-1-3-19(20)29(34)35)12-17-22(23)16-11-14(25(30)31)7-10-18(16)27-24(17)13-5-8-15(9-6-13)28(32)33/h1-11,17,21-24,27H,12H2,(H,30,31)/t17-,21+,22-,23+,24+/m0/s1. The number of carboxylic acids is 1. The van der Waals surface area contributed by atoms with Gasteiger partial charge in [-0.05, 0) is 47.7 Å². The molecule has 3 aromatic carbocycles. The monoisotopic (exact) mass is 525 g/mol. The molecule has 2 aliphatic rings. The van der Waals surface area contributed by atoms with Gasteiger partial charge in [0.15, 0.2) is 0 Å². The lowest BCUT2D eigenvalue weighted by atomic mass is 9.77. The summed E-state index contributed by atoms with van der Waals surface area (Å²) in [6, 6.07) is 17.6. The van der Waals surface area contributed by atoms with E-state index < -0.39 is 21.2 Å². The highest BCUT2D eigenvalue weighted by Gasteiger charge is 2.50. The highest BCUT2D eigenvalue weighted by atomic mass is 35.5. The van der Waals surface area contributed by atoms with Gasteiger partial charge in [0.05, 0.1) is 31.7 Å². The molecule has 3 aromatic rings. The number of para-hydroxylation sites is 1. The van der Waals surface area contributed by atoms with Crippen LogP contribution in [0.4, 0.5) is 17.1 Å². The maximum Gasteiger partial charge on any atom is 0.335 e. The lowest BCUT2D eigenvalue weighted by molar-refractivity contribution is -0.387. The molecule has 0 aromatic heterocycles. The Bertz CT molecular complexity index is 1370. The summed E-state index contributed by atoms with van der Waals surface area (Å²) in [7, 11) is 0. The summed E-state index contributed by atoms with van der Waals surface area (Å²) >= 11 is 8.42. The van der Waals surface area contributed by atoms with Crippen LogP contribution in [0.25, 0.3) is 0 Å². The summed E-state index contributed by atoms with van der Waals surface area (Å²) in [5.74, 6) is -1.32. The number of nitrogens with zero attached hydrogens (tertiary/aromatic N) is 2. The van der Waals surface area contributed by atoms with Gasteiger partial charge in [0.1, 0.15) is 0 Å². The highest BCUT2D eigenvalue weighted by molar-refractivity contribution is 8.00. The Morgan fingerprint density at radius 2 is 1.75 bits per heavy atom. The third-order valence-corrected chi connectivity index (χ3v) is 8.98. The summed E-state index contributed by atoms with van der Waals surface area (Å²) in [5.41, 5.74) is 2.56. The Hall–Kier alpha value is -3.63. The molecule has 5 atom stereocenters. The van der Waals surface area contributed by atoms with Gasteiger partial charge in [-0.1, -0.05) is 24.3 Å². The molecule has 11 heteroatoms. The van der Waals surface area contributed by atoms with Crippen molar-refractivity contribution >= 4 is 46.4 Å². The lowest BCUT2D eigenvalue weighted by Crippen LogP contribution is -2.31. The van der Waals surface area contributed by atoms with Crippen molar-refractivity contribution in [2.45, 2.75) is 33.9 Å². The number of anilines is 1. The number of hydrogen-bond donors (Lipinski definition) is 2. The number of halogens is 1. The van der Waals surface area contributed by atoms with Gasteiger partial charge in [0, 0.05) is 35.1 Å². The number of thioether (sulfide) groups is 1. The minimum absolute atomic E-state index is 0.0101. The van der Waals surface area contributed by atoms with Crippen LogP contribution in [0, 0.1) is 26.1 Å². The molecule has 5 rings (SSSR count). The molecule has 184 valence electrons. The number of aromatic carboxylic acids is 1. The molecule has 1 saturated carbocycles. The van der Waals surface area contributed by atoms with E-state index in [-0.39, 0.29) is 40.1 Å². The molecular formula is C25H20ClN3O6S. The zero-order chi connectivity index (χ0) is 25.6. The number of fused-ring (bicyclic) bond motifs is 3. The Kier molecular flexibility index (Phi) is 6.31. The van der Waals surface area contributed by atoms with Crippen LogP contribution in [0.5, 0.6) is 0 Å². The summed E-state index contributed by atoms with van der Waals surface area (Å²) in [4.78, 5) is 34.0. The number of nitro benzene ring substituents is 2. The molecule has 2 N–H and O–H groups in total. The fraction of sp³-hybridized carbons (Fsp3) is 0.240. The van der Waals surface area contributed by atoms with E-state index >= 15 is 0 Å². The third kappa shape index (κ3) is 4.27. The number of non-ortho nitro benzene ring substituents is 1. The Labute approximate surface area is 214 Å². The summed E-state index contributed by atoms with van der Waals surface area (Å²) in [6.45, 7) is 0. The van der Waals surface area contributed by atoms with Crippen LogP contribution in [-0.4, -0.2) is 31.5 Å². The third-order valence-electron chi connectivity index (χ3n) is 6.86. The van der Waals surface area contributed by atoms with E-state index in [2.05, 4.69) is 5.32 Å². The number of nitrogens with one attached hydrogen (secondary N) is 1. The van der Waals surface area contributed by atoms with Crippen LogP contribution < -0.4 is 5.32 Å². The molecule has 36 heavy (non-hydrogen) atoms. The van der Waals surface area contributed by atoms with E-state index in [0.29, 0.717) is 11.3 Å². The SMILES string of the molecule is O=C(O)c1ccc2c(c1)[C@@H]1[C@H](Cl)[C@H](Sc3ccccc3[N+](=O)[O-])C[C@@H]1[C@@H](c1ccc([N+](=O)[O-])cc1)N2. The molecule has 0 bridgehead atoms. The normalized spacial score (nSPS) is 24.3. The topological polar surface area (TPSA) is 136 Å². The summed E-state index contributed by atoms with van der Waals surface area (Å²) in [6.07, 6.45) is 0.612. The Balaban J connectivity index is 1.55. The quantitative estimate of drug-likeness (QED) is 0.219. The van der Waals surface area contributed by atoms with Crippen LogP contribution in [0.15, 0.2) is 71.6 Å². The minimum atomic E-state index is -1.04. The van der Waals surface area contributed by atoms with Crippen molar-refractivity contribution in [3.05, 3.63) is 104 Å². The van der Waals surface area contributed by atoms with Crippen molar-refractivity contribution < 1.29 is 19.7 Å². The average Bonchev–Trinajstić information content (AvgIpc) is 3.19. The Morgan fingerprint density at radius 3 is 2.42 bits per heavy atom. The van der Waals surface area contributed by atoms with Gasteiger partial charge in [0.2, 0.25) is 0 Å². The fourth-order valence-electron chi connectivity index (χ4n) is 5.25. The largest absolute Gasteiger partial charge is 0.478 e. The molecule has 1 fully saturated rings. The second-order valence-electron chi connectivity index (χ2n) is 8.83. The first-order valence-electron chi connectivity index (χ1n) is 11.2. The van der Waals surface area contributed by atoms with Gasteiger partial charge < -0.3 is 10.4 Å². The van der Waals surface area contributed by atoms with Crippen molar-refractivity contribution in [2.24, 2.45) is 5.92 Å². The molecule has 1 aliphatic carbocycles. The van der Waals surface area contributed by atoms with Gasteiger partial charge in [-0.15, -0.1) is 23.4 Å². The van der Waals surface area contributed by atoms with Gasteiger partial charge in [-0.2, -0.15) is 0 Å². The fourth-order valence-corrected chi connectivity index (χ4v) is 7.20. The van der Waals surface area contributed by atoms with Gasteiger partial charge >= 0.3 is 5.97 Å². The number of alkyl halides is 1. The molecular weight excluding hydrogens is 506 g/mol. The van der Waals surface area contributed by atoms with E-state index in [1.165, 1.54) is 36.0 Å². The predicted molar refractivity (Wildman–Crippen MR) is 136 cm³/mol. The van der Waals surface area contributed by atoms with Crippen molar-refractivity contribution in [1.82, 2.24) is 0 Å². The van der Waals surface area contributed by atoms with Gasteiger partial charge in [-0.25, -0.2) is 4.79 Å². The van der Waals surface area contributed by atoms with Gasteiger partial charge in [-0.3, -0.25) is 20.2 Å². The molecule has 0 radical (unpaired) electrons. The maximum atomic E-state index is 11.7. The van der Waals surface area contributed by atoms with Crippen LogP contribution >= 0.6 is 23.4 Å². The van der Waals surface area contributed by atoms with Crippen LogP contribution in [-0.2, 0) is 0 Å². The van der Waals surface area contributed by atoms with Crippen LogP contribution in [0.3, 0.4) is 0 Å². The average molecular weight is 526 g/mol. The smallest absolute Gasteiger partial charge is 0.335 e. The maximum absolute atomic E-state index is 11.7. The number of hydrogen-bond acceptors (Lipinski definition) is 7. The zero-order valence-electron chi connectivity index (χ0n) is 18.6. The van der Waals surface area contributed by atoms with E-state index in [9.17, 15) is 30.1 Å². The summed E-state index contributed by atoms with van der Waals surface area (Å²) < 4.78 is 0. The molecule has 0 amide bonds. The van der Waals surface area contributed by atoms with Crippen LogP contribution in [0.2, 0.25) is 0 Å². The molecule has 1 aliphatic heterocycles. The van der Waals surface area contributed by atoms with E-state index in [0.717, 1.165) is 16.8 Å². The number of carboxylic acid groups (broad SMARTS) is 1. The van der Waals surface area contributed by atoms with Crippen molar-refractivity contribution in [2.75, 3.05) is 5.32 Å². The molecule has 0 spiro atoms. The lowest BCUT2D eigenvalue weighted by Gasteiger charge is -2.38. The van der Waals surface area contributed by atoms with Crippen molar-refractivity contribution in [1.29, 1.82) is 0 Å².